The van der Waals surface area contributed by atoms with Crippen molar-refractivity contribution in [2.45, 2.75) is 25.7 Å². The van der Waals surface area contributed by atoms with Crippen molar-refractivity contribution < 1.29 is 14.3 Å². The zero-order valence-corrected chi connectivity index (χ0v) is 16.1. The van der Waals surface area contributed by atoms with E-state index < -0.39 is 0 Å². The number of hydrogen-bond acceptors (Lipinski definition) is 4. The SMILES string of the molecule is COC(=O)CCCCCNC(=S)N1CCN(C(=O)c2ccccc2)CC1. The minimum atomic E-state index is -0.156. The van der Waals surface area contributed by atoms with E-state index in [1.54, 1.807) is 0 Å². The first-order valence-electron chi connectivity index (χ1n) is 9.05. The Morgan fingerprint density at radius 1 is 1.04 bits per heavy atom. The highest BCUT2D eigenvalue weighted by atomic mass is 32.1. The van der Waals surface area contributed by atoms with Gasteiger partial charge in [-0.25, -0.2) is 0 Å². The molecule has 1 heterocycles. The largest absolute Gasteiger partial charge is 0.469 e. The molecule has 0 atom stereocenters. The van der Waals surface area contributed by atoms with Gasteiger partial charge >= 0.3 is 5.97 Å². The van der Waals surface area contributed by atoms with Crippen LogP contribution in [0.3, 0.4) is 0 Å². The van der Waals surface area contributed by atoms with Crippen LogP contribution >= 0.6 is 12.2 Å². The third kappa shape index (κ3) is 6.29. The van der Waals surface area contributed by atoms with Crippen molar-refractivity contribution >= 4 is 29.2 Å². The average molecular weight is 378 g/mol. The Morgan fingerprint density at radius 2 is 1.69 bits per heavy atom. The number of esters is 1. The van der Waals surface area contributed by atoms with Crippen molar-refractivity contribution in [3.05, 3.63) is 35.9 Å². The van der Waals surface area contributed by atoms with E-state index in [0.29, 0.717) is 19.5 Å². The van der Waals surface area contributed by atoms with E-state index in [9.17, 15) is 9.59 Å². The molecule has 1 N–H and O–H groups in total. The predicted octanol–water partition coefficient (Wildman–Crippen LogP) is 2.05. The maximum absolute atomic E-state index is 12.4. The second-order valence-corrected chi connectivity index (χ2v) is 6.65. The van der Waals surface area contributed by atoms with Gasteiger partial charge in [0, 0.05) is 44.7 Å². The number of nitrogens with one attached hydrogen (secondary N) is 1. The number of unbranched alkanes of at least 4 members (excludes halogenated alkanes) is 2. The van der Waals surface area contributed by atoms with E-state index in [1.165, 1.54) is 7.11 Å². The first kappa shape index (κ1) is 20.2. The van der Waals surface area contributed by atoms with E-state index in [1.807, 2.05) is 35.2 Å². The van der Waals surface area contributed by atoms with Gasteiger partial charge < -0.3 is 19.9 Å². The van der Waals surface area contributed by atoms with Gasteiger partial charge in [-0.1, -0.05) is 24.6 Å². The van der Waals surface area contributed by atoms with Gasteiger partial charge in [-0.2, -0.15) is 0 Å². The van der Waals surface area contributed by atoms with Crippen LogP contribution in [-0.2, 0) is 9.53 Å². The Labute approximate surface area is 160 Å². The summed E-state index contributed by atoms with van der Waals surface area (Å²) in [5.41, 5.74) is 0.730. The number of methoxy groups -OCH3 is 1. The van der Waals surface area contributed by atoms with Crippen molar-refractivity contribution in [2.24, 2.45) is 0 Å². The van der Waals surface area contributed by atoms with Gasteiger partial charge in [-0.3, -0.25) is 9.59 Å². The summed E-state index contributed by atoms with van der Waals surface area (Å²) in [6.45, 7) is 3.63. The van der Waals surface area contributed by atoms with Crippen LogP contribution in [0.2, 0.25) is 0 Å². The number of carbonyl (C=O) groups excluding carboxylic acids is 2. The Morgan fingerprint density at radius 3 is 2.35 bits per heavy atom. The van der Waals surface area contributed by atoms with Crippen LogP contribution < -0.4 is 5.32 Å². The van der Waals surface area contributed by atoms with Gasteiger partial charge in [-0.15, -0.1) is 0 Å². The molecule has 0 spiro atoms. The van der Waals surface area contributed by atoms with Gasteiger partial charge in [0.15, 0.2) is 5.11 Å². The first-order chi connectivity index (χ1) is 12.6. The van der Waals surface area contributed by atoms with Crippen LogP contribution in [0.5, 0.6) is 0 Å². The second kappa shape index (κ2) is 10.8. The van der Waals surface area contributed by atoms with E-state index in [2.05, 4.69) is 15.0 Å². The van der Waals surface area contributed by atoms with Crippen LogP contribution in [0, 0.1) is 0 Å². The summed E-state index contributed by atoms with van der Waals surface area (Å²) in [6.07, 6.45) is 3.23. The first-order valence-corrected chi connectivity index (χ1v) is 9.46. The zero-order valence-electron chi connectivity index (χ0n) is 15.3. The molecule has 26 heavy (non-hydrogen) atoms. The van der Waals surface area contributed by atoms with Crippen LogP contribution in [-0.4, -0.2) is 66.6 Å². The zero-order chi connectivity index (χ0) is 18.8. The number of carbonyl (C=O) groups is 2. The van der Waals surface area contributed by atoms with E-state index in [-0.39, 0.29) is 11.9 Å². The van der Waals surface area contributed by atoms with Crippen molar-refractivity contribution in [3.63, 3.8) is 0 Å². The molecule has 1 aliphatic rings. The minimum Gasteiger partial charge on any atom is -0.469 e. The number of piperazine rings is 1. The molecule has 1 saturated heterocycles. The number of amides is 1. The van der Waals surface area contributed by atoms with Crippen LogP contribution in [0.4, 0.5) is 0 Å². The Balaban J connectivity index is 1.62. The molecule has 0 bridgehead atoms. The van der Waals surface area contributed by atoms with Crippen LogP contribution in [0.15, 0.2) is 30.3 Å². The third-order valence-electron chi connectivity index (χ3n) is 4.44. The lowest BCUT2D eigenvalue weighted by Gasteiger charge is -2.36. The fraction of sp³-hybridized carbons (Fsp3) is 0.526. The molecule has 1 aromatic rings. The van der Waals surface area contributed by atoms with Crippen molar-refractivity contribution in [2.75, 3.05) is 39.8 Å². The number of hydrogen-bond donors (Lipinski definition) is 1. The molecule has 0 aromatic heterocycles. The number of thiocarbonyl (C=S) groups is 1. The van der Waals surface area contributed by atoms with Gasteiger partial charge in [0.1, 0.15) is 0 Å². The molecule has 0 saturated carbocycles. The molecule has 142 valence electrons. The molecule has 7 heteroatoms. The molecule has 0 unspecified atom stereocenters. The number of nitrogens with zero attached hydrogens (tertiary/aromatic N) is 2. The summed E-state index contributed by atoms with van der Waals surface area (Å²) in [7, 11) is 1.41. The highest BCUT2D eigenvalue weighted by molar-refractivity contribution is 7.80. The number of ether oxygens (including phenoxy) is 1. The molecular formula is C19H27N3O3S. The minimum absolute atomic E-state index is 0.0785. The lowest BCUT2D eigenvalue weighted by Crippen LogP contribution is -2.53. The van der Waals surface area contributed by atoms with E-state index in [0.717, 1.165) is 49.6 Å². The van der Waals surface area contributed by atoms with Gasteiger partial charge in [0.05, 0.1) is 7.11 Å². The highest BCUT2D eigenvalue weighted by Gasteiger charge is 2.23. The fourth-order valence-electron chi connectivity index (χ4n) is 2.86. The third-order valence-corrected chi connectivity index (χ3v) is 4.84. The van der Waals surface area contributed by atoms with Gasteiger partial charge in [0.25, 0.3) is 5.91 Å². The average Bonchev–Trinajstić information content (AvgIpc) is 2.70. The molecule has 1 fully saturated rings. The summed E-state index contributed by atoms with van der Waals surface area (Å²) >= 11 is 5.45. The monoisotopic (exact) mass is 377 g/mol. The summed E-state index contributed by atoms with van der Waals surface area (Å²) < 4.78 is 4.62. The quantitative estimate of drug-likeness (QED) is 0.446. The molecule has 1 aliphatic heterocycles. The molecule has 6 nitrogen and oxygen atoms in total. The normalized spacial score (nSPS) is 14.0. The molecule has 2 rings (SSSR count). The standard InChI is InChI=1S/C19H27N3O3S/c1-25-17(23)10-6-3-7-11-20-19(26)22-14-12-21(13-15-22)18(24)16-8-4-2-5-9-16/h2,4-5,8-9H,3,6-7,10-15H2,1H3,(H,20,26). The van der Waals surface area contributed by atoms with E-state index in [4.69, 9.17) is 12.2 Å². The molecule has 1 amide bonds. The summed E-state index contributed by atoms with van der Waals surface area (Å²) in [6, 6.07) is 9.37. The molecule has 0 radical (unpaired) electrons. The maximum atomic E-state index is 12.4. The van der Waals surface area contributed by atoms with Crippen LogP contribution in [0.25, 0.3) is 0 Å². The van der Waals surface area contributed by atoms with E-state index >= 15 is 0 Å². The number of rotatable bonds is 7. The summed E-state index contributed by atoms with van der Waals surface area (Å²) in [5.74, 6) is -0.0777. The maximum Gasteiger partial charge on any atom is 0.305 e. The van der Waals surface area contributed by atoms with Gasteiger partial charge in [0.2, 0.25) is 0 Å². The van der Waals surface area contributed by atoms with Gasteiger partial charge in [-0.05, 0) is 37.2 Å². The fourth-order valence-corrected chi connectivity index (χ4v) is 3.14. The Bertz CT molecular complexity index is 601. The lowest BCUT2D eigenvalue weighted by atomic mass is 10.2. The summed E-state index contributed by atoms with van der Waals surface area (Å²) in [5, 5.41) is 4.01. The Kier molecular flexibility index (Phi) is 8.34. The van der Waals surface area contributed by atoms with Crippen molar-refractivity contribution in [3.8, 4) is 0 Å². The molecule has 0 aliphatic carbocycles. The predicted molar refractivity (Wildman–Crippen MR) is 105 cm³/mol. The van der Waals surface area contributed by atoms with Crippen molar-refractivity contribution in [1.82, 2.24) is 15.1 Å². The van der Waals surface area contributed by atoms with Crippen molar-refractivity contribution in [1.29, 1.82) is 0 Å². The summed E-state index contributed by atoms with van der Waals surface area (Å²) in [4.78, 5) is 27.5. The topological polar surface area (TPSA) is 61.9 Å². The molecule has 1 aromatic carbocycles. The Hall–Kier alpha value is -2.15. The smallest absolute Gasteiger partial charge is 0.305 e. The number of benzene rings is 1. The second-order valence-electron chi connectivity index (χ2n) is 6.26. The molecular weight excluding hydrogens is 350 g/mol. The lowest BCUT2D eigenvalue weighted by molar-refractivity contribution is -0.140. The van der Waals surface area contributed by atoms with Crippen LogP contribution in [0.1, 0.15) is 36.0 Å². The highest BCUT2D eigenvalue weighted by Crippen LogP contribution is 2.09.